The van der Waals surface area contributed by atoms with Gasteiger partial charge in [-0.3, -0.25) is 9.88 Å². The summed E-state index contributed by atoms with van der Waals surface area (Å²) in [6.07, 6.45) is 2.60. The minimum Gasteiger partial charge on any atom is -0.379 e. The largest absolute Gasteiger partial charge is 0.379 e. The molecule has 1 fully saturated rings. The number of pyridine rings is 1. The van der Waals surface area contributed by atoms with Crippen LogP contribution in [0.1, 0.15) is 19.0 Å². The van der Waals surface area contributed by atoms with Gasteiger partial charge in [0.15, 0.2) is 5.60 Å². The number of hydrogen-bond donors (Lipinski definition) is 1. The van der Waals surface area contributed by atoms with Crippen LogP contribution in [-0.4, -0.2) is 61.4 Å². The SMILES string of the molecule is CCC#CCNC(=S)C(CN1CCOCC1)(OC)c1ccccn1. The van der Waals surface area contributed by atoms with Gasteiger partial charge in [0.2, 0.25) is 0 Å². The Morgan fingerprint density at radius 3 is 2.83 bits per heavy atom. The molecule has 0 spiro atoms. The van der Waals surface area contributed by atoms with Gasteiger partial charge in [0.25, 0.3) is 0 Å². The molecule has 6 heteroatoms. The van der Waals surface area contributed by atoms with Crippen LogP contribution in [0, 0.1) is 11.8 Å². The summed E-state index contributed by atoms with van der Waals surface area (Å²) >= 11 is 5.69. The number of thiocarbonyl (C=S) groups is 1. The van der Waals surface area contributed by atoms with Crippen LogP contribution in [0.4, 0.5) is 0 Å². The fourth-order valence-electron chi connectivity index (χ4n) is 2.66. The monoisotopic (exact) mass is 347 g/mol. The number of methoxy groups -OCH3 is 1. The topological polar surface area (TPSA) is 46.6 Å². The van der Waals surface area contributed by atoms with Crippen molar-refractivity contribution in [1.29, 1.82) is 0 Å². The van der Waals surface area contributed by atoms with Crippen molar-refractivity contribution in [2.75, 3.05) is 46.5 Å². The van der Waals surface area contributed by atoms with Gasteiger partial charge in [0.1, 0.15) is 4.99 Å². The first-order valence-corrected chi connectivity index (χ1v) is 8.64. The third-order valence-corrected chi connectivity index (χ3v) is 4.46. The highest BCUT2D eigenvalue weighted by Gasteiger charge is 2.40. The van der Waals surface area contributed by atoms with E-state index in [1.165, 1.54) is 0 Å². The fraction of sp³-hybridized carbons (Fsp3) is 0.556. The lowest BCUT2D eigenvalue weighted by molar-refractivity contribution is -0.0253. The highest BCUT2D eigenvalue weighted by Crippen LogP contribution is 2.26. The summed E-state index contributed by atoms with van der Waals surface area (Å²) in [6, 6.07) is 5.80. The van der Waals surface area contributed by atoms with Crippen molar-refractivity contribution in [1.82, 2.24) is 15.2 Å². The normalized spacial score (nSPS) is 17.4. The number of morpholine rings is 1. The Hall–Kier alpha value is -1.52. The van der Waals surface area contributed by atoms with Crippen LogP contribution in [0.3, 0.4) is 0 Å². The minimum absolute atomic E-state index is 0.508. The number of rotatable bonds is 6. The molecule has 2 rings (SSSR count). The van der Waals surface area contributed by atoms with Crippen molar-refractivity contribution in [3.8, 4) is 11.8 Å². The smallest absolute Gasteiger partial charge is 0.172 e. The number of aromatic nitrogens is 1. The van der Waals surface area contributed by atoms with Gasteiger partial charge in [-0.05, 0) is 12.1 Å². The quantitative estimate of drug-likeness (QED) is 0.623. The maximum Gasteiger partial charge on any atom is 0.172 e. The van der Waals surface area contributed by atoms with Gasteiger partial charge >= 0.3 is 0 Å². The van der Waals surface area contributed by atoms with Crippen molar-refractivity contribution < 1.29 is 9.47 Å². The van der Waals surface area contributed by atoms with Crippen molar-refractivity contribution in [3.05, 3.63) is 30.1 Å². The molecule has 0 amide bonds. The Morgan fingerprint density at radius 2 is 2.21 bits per heavy atom. The molecule has 24 heavy (non-hydrogen) atoms. The first-order chi connectivity index (χ1) is 11.7. The second kappa shape index (κ2) is 9.70. The van der Waals surface area contributed by atoms with Gasteiger partial charge in [-0.25, -0.2) is 0 Å². The van der Waals surface area contributed by atoms with E-state index in [4.69, 9.17) is 21.7 Å². The molecule has 1 N–H and O–H groups in total. The first-order valence-electron chi connectivity index (χ1n) is 8.23. The average Bonchev–Trinajstić information content (AvgIpc) is 2.64. The van der Waals surface area contributed by atoms with Gasteiger partial charge in [0.05, 0.1) is 25.5 Å². The van der Waals surface area contributed by atoms with E-state index in [1.807, 2.05) is 25.1 Å². The van der Waals surface area contributed by atoms with Crippen LogP contribution in [-0.2, 0) is 15.1 Å². The van der Waals surface area contributed by atoms with Gasteiger partial charge in [-0.15, -0.1) is 5.92 Å². The fourth-order valence-corrected chi connectivity index (χ4v) is 2.99. The predicted molar refractivity (Wildman–Crippen MR) is 98.9 cm³/mol. The van der Waals surface area contributed by atoms with E-state index < -0.39 is 5.60 Å². The van der Waals surface area contributed by atoms with Crippen molar-refractivity contribution >= 4 is 17.2 Å². The van der Waals surface area contributed by atoms with Crippen LogP contribution in [0.25, 0.3) is 0 Å². The van der Waals surface area contributed by atoms with Gasteiger partial charge in [0, 0.05) is 39.4 Å². The maximum atomic E-state index is 5.95. The molecule has 1 atom stereocenters. The van der Waals surface area contributed by atoms with Crippen LogP contribution in [0.2, 0.25) is 0 Å². The summed E-state index contributed by atoms with van der Waals surface area (Å²) in [7, 11) is 1.68. The molecular weight excluding hydrogens is 322 g/mol. The highest BCUT2D eigenvalue weighted by atomic mass is 32.1. The Bertz CT molecular complexity index is 579. The zero-order chi connectivity index (χ0) is 17.3. The molecule has 0 aromatic carbocycles. The van der Waals surface area contributed by atoms with Gasteiger partial charge < -0.3 is 14.8 Å². The molecule has 1 saturated heterocycles. The molecule has 130 valence electrons. The molecule has 2 heterocycles. The molecular formula is C18H25N3O2S. The average molecular weight is 347 g/mol. The number of nitrogens with zero attached hydrogens (tertiary/aromatic N) is 2. The lowest BCUT2D eigenvalue weighted by Gasteiger charge is -2.38. The maximum absolute atomic E-state index is 5.95. The molecule has 1 aromatic heterocycles. The molecule has 0 saturated carbocycles. The van der Waals surface area contributed by atoms with Crippen LogP contribution in [0.5, 0.6) is 0 Å². The first kappa shape index (κ1) is 18.8. The van der Waals surface area contributed by atoms with E-state index in [2.05, 4.69) is 27.0 Å². The van der Waals surface area contributed by atoms with E-state index in [9.17, 15) is 0 Å². The molecule has 1 unspecified atom stereocenters. The lowest BCUT2D eigenvalue weighted by atomic mass is 9.96. The molecule has 0 bridgehead atoms. The third-order valence-electron chi connectivity index (χ3n) is 3.98. The van der Waals surface area contributed by atoms with E-state index in [1.54, 1.807) is 13.3 Å². The standard InChI is InChI=1S/C18H25N3O2S/c1-3-4-6-10-20-17(24)18(22-2,16-8-5-7-9-19-16)15-21-11-13-23-14-12-21/h5,7-9H,3,10-15H2,1-2H3,(H,20,24). The van der Waals surface area contributed by atoms with Crippen molar-refractivity contribution in [3.63, 3.8) is 0 Å². The molecule has 0 aliphatic carbocycles. The third kappa shape index (κ3) is 4.74. The summed E-state index contributed by atoms with van der Waals surface area (Å²) in [6.45, 7) is 6.34. The summed E-state index contributed by atoms with van der Waals surface area (Å²) in [5, 5.41) is 3.23. The minimum atomic E-state index is -0.790. The van der Waals surface area contributed by atoms with Crippen LogP contribution < -0.4 is 5.32 Å². The summed E-state index contributed by atoms with van der Waals surface area (Å²) in [4.78, 5) is 7.42. The van der Waals surface area contributed by atoms with Crippen LogP contribution >= 0.6 is 12.2 Å². The second-order valence-corrected chi connectivity index (χ2v) is 5.93. The van der Waals surface area contributed by atoms with E-state index >= 15 is 0 Å². The lowest BCUT2D eigenvalue weighted by Crippen LogP contribution is -2.54. The summed E-state index contributed by atoms with van der Waals surface area (Å²) < 4.78 is 11.4. The van der Waals surface area contributed by atoms with Crippen molar-refractivity contribution in [2.24, 2.45) is 0 Å². The molecule has 0 radical (unpaired) electrons. The molecule has 1 aromatic rings. The zero-order valence-electron chi connectivity index (χ0n) is 14.4. The molecule has 1 aliphatic rings. The van der Waals surface area contributed by atoms with Crippen molar-refractivity contribution in [2.45, 2.75) is 18.9 Å². The van der Waals surface area contributed by atoms with E-state index in [0.29, 0.717) is 18.1 Å². The molecule has 1 aliphatic heterocycles. The van der Waals surface area contributed by atoms with E-state index in [0.717, 1.165) is 38.4 Å². The van der Waals surface area contributed by atoms with Gasteiger partial charge in [-0.1, -0.05) is 31.1 Å². The molecule has 5 nitrogen and oxygen atoms in total. The highest BCUT2D eigenvalue weighted by molar-refractivity contribution is 7.80. The predicted octanol–water partition coefficient (Wildman–Crippen LogP) is 1.59. The summed E-state index contributed by atoms with van der Waals surface area (Å²) in [5.74, 6) is 6.10. The second-order valence-electron chi connectivity index (χ2n) is 5.52. The number of nitrogens with one attached hydrogen (secondary N) is 1. The van der Waals surface area contributed by atoms with Crippen LogP contribution in [0.15, 0.2) is 24.4 Å². The van der Waals surface area contributed by atoms with E-state index in [-0.39, 0.29) is 0 Å². The Morgan fingerprint density at radius 1 is 1.42 bits per heavy atom. The Labute approximate surface area is 149 Å². The Balaban J connectivity index is 2.22. The zero-order valence-corrected chi connectivity index (χ0v) is 15.2. The number of hydrogen-bond acceptors (Lipinski definition) is 5. The van der Waals surface area contributed by atoms with Gasteiger partial charge in [-0.2, -0.15) is 0 Å². The Kier molecular flexibility index (Phi) is 7.60. The number of ether oxygens (including phenoxy) is 2. The summed E-state index contributed by atoms with van der Waals surface area (Å²) in [5.41, 5.74) is 0.0156.